The van der Waals surface area contributed by atoms with Gasteiger partial charge in [-0.3, -0.25) is 24.8 Å². The SMILES string of the molecule is Cn1c(=O)[nH]c(=O)c2c1nc(N1CCCCC1)n2C=CNN. The van der Waals surface area contributed by atoms with E-state index < -0.39 is 11.2 Å². The van der Waals surface area contributed by atoms with E-state index in [1.165, 1.54) is 17.2 Å². The Morgan fingerprint density at radius 2 is 2.00 bits per heavy atom. The van der Waals surface area contributed by atoms with Crippen molar-refractivity contribution in [2.24, 2.45) is 12.9 Å². The molecule has 0 spiro atoms. The first-order chi connectivity index (χ1) is 10.6. The van der Waals surface area contributed by atoms with Gasteiger partial charge in [0.05, 0.1) is 0 Å². The third-order valence-electron chi connectivity index (χ3n) is 3.89. The number of aromatic nitrogens is 4. The molecule has 0 bridgehead atoms. The van der Waals surface area contributed by atoms with Gasteiger partial charge in [0.25, 0.3) is 5.56 Å². The molecule has 0 amide bonds. The molecular formula is C13H19N7O2. The lowest BCUT2D eigenvalue weighted by atomic mass is 10.1. The summed E-state index contributed by atoms with van der Waals surface area (Å²) in [6.45, 7) is 1.75. The number of hydrogen-bond donors (Lipinski definition) is 3. The Kier molecular flexibility index (Phi) is 3.72. The van der Waals surface area contributed by atoms with Gasteiger partial charge in [-0.15, -0.1) is 0 Å². The average Bonchev–Trinajstić information content (AvgIpc) is 2.91. The summed E-state index contributed by atoms with van der Waals surface area (Å²) < 4.78 is 3.00. The van der Waals surface area contributed by atoms with Gasteiger partial charge in [0.15, 0.2) is 11.2 Å². The zero-order valence-corrected chi connectivity index (χ0v) is 12.4. The Bertz CT molecular complexity index is 823. The number of aromatic amines is 1. The van der Waals surface area contributed by atoms with Gasteiger partial charge >= 0.3 is 5.69 Å². The topological polar surface area (TPSA) is 114 Å². The first-order valence-electron chi connectivity index (χ1n) is 7.22. The Hall–Kier alpha value is -2.55. The monoisotopic (exact) mass is 305 g/mol. The van der Waals surface area contributed by atoms with Crippen LogP contribution in [-0.2, 0) is 7.05 Å². The molecule has 1 aliphatic rings. The van der Waals surface area contributed by atoms with Crippen molar-refractivity contribution in [3.63, 3.8) is 0 Å². The van der Waals surface area contributed by atoms with Crippen molar-refractivity contribution in [1.29, 1.82) is 0 Å². The van der Waals surface area contributed by atoms with Crippen LogP contribution in [0.4, 0.5) is 5.95 Å². The molecule has 0 radical (unpaired) electrons. The van der Waals surface area contributed by atoms with Crippen molar-refractivity contribution in [2.75, 3.05) is 18.0 Å². The van der Waals surface area contributed by atoms with Crippen molar-refractivity contribution in [1.82, 2.24) is 24.5 Å². The molecule has 0 saturated carbocycles. The molecular weight excluding hydrogens is 286 g/mol. The van der Waals surface area contributed by atoms with Gasteiger partial charge in [0.2, 0.25) is 5.95 Å². The minimum atomic E-state index is -0.478. The number of fused-ring (bicyclic) bond motifs is 1. The fraction of sp³-hybridized carbons (Fsp3) is 0.462. The van der Waals surface area contributed by atoms with Gasteiger partial charge in [-0.1, -0.05) is 0 Å². The van der Waals surface area contributed by atoms with Crippen LogP contribution in [0.3, 0.4) is 0 Å². The predicted molar refractivity (Wildman–Crippen MR) is 84.3 cm³/mol. The molecule has 0 aliphatic carbocycles. The lowest BCUT2D eigenvalue weighted by Gasteiger charge is -2.27. The molecule has 2 aromatic heterocycles. The Morgan fingerprint density at radius 3 is 2.68 bits per heavy atom. The van der Waals surface area contributed by atoms with Crippen molar-refractivity contribution in [3.8, 4) is 0 Å². The first kappa shape index (κ1) is 14.4. The van der Waals surface area contributed by atoms with Crippen LogP contribution in [0.15, 0.2) is 15.8 Å². The quantitative estimate of drug-likeness (QED) is 0.510. The van der Waals surface area contributed by atoms with E-state index in [2.05, 4.69) is 20.3 Å². The molecule has 4 N–H and O–H groups in total. The van der Waals surface area contributed by atoms with Crippen molar-refractivity contribution in [3.05, 3.63) is 27.0 Å². The summed E-state index contributed by atoms with van der Waals surface area (Å²) in [4.78, 5) is 32.9. The normalized spacial score (nSPS) is 15.8. The fourth-order valence-electron chi connectivity index (χ4n) is 2.77. The molecule has 1 saturated heterocycles. The third kappa shape index (κ3) is 2.29. The van der Waals surface area contributed by atoms with E-state index in [0.717, 1.165) is 25.9 Å². The Balaban J connectivity index is 2.28. The standard InChI is InChI=1S/C13H19N7O2/c1-18-10-9(11(21)17-13(18)22)20(8-5-15-14)12(16-10)19-6-3-2-4-7-19/h5,8,15H,2-4,6-7,14H2,1H3,(H,17,21,22). The summed E-state index contributed by atoms with van der Waals surface area (Å²) >= 11 is 0. The van der Waals surface area contributed by atoms with Crippen LogP contribution in [-0.4, -0.2) is 32.2 Å². The highest BCUT2D eigenvalue weighted by molar-refractivity contribution is 5.77. The molecule has 1 fully saturated rings. The second-order valence-corrected chi connectivity index (χ2v) is 5.30. The number of aryl methyl sites for hydroxylation is 1. The van der Waals surface area contributed by atoms with Crippen molar-refractivity contribution >= 4 is 23.3 Å². The minimum Gasteiger partial charge on any atom is -0.342 e. The number of nitrogens with one attached hydrogen (secondary N) is 2. The van der Waals surface area contributed by atoms with Gasteiger partial charge in [-0.05, 0) is 19.3 Å². The molecule has 9 heteroatoms. The largest absolute Gasteiger partial charge is 0.342 e. The summed E-state index contributed by atoms with van der Waals surface area (Å²) in [6.07, 6.45) is 6.50. The third-order valence-corrected chi connectivity index (χ3v) is 3.89. The van der Waals surface area contributed by atoms with E-state index >= 15 is 0 Å². The van der Waals surface area contributed by atoms with Crippen LogP contribution >= 0.6 is 0 Å². The number of piperidine rings is 1. The molecule has 9 nitrogen and oxygen atoms in total. The number of nitrogens with two attached hydrogens (primary N) is 1. The minimum absolute atomic E-state index is 0.328. The zero-order valence-electron chi connectivity index (χ0n) is 12.4. The Labute approximate surface area is 126 Å². The molecule has 0 aromatic carbocycles. The summed E-state index contributed by atoms with van der Waals surface area (Å²) in [5.41, 5.74) is 2.16. The predicted octanol–water partition coefficient (Wildman–Crippen LogP) is -0.695. The number of nitrogens with zero attached hydrogens (tertiary/aromatic N) is 4. The molecule has 3 heterocycles. The van der Waals surface area contributed by atoms with E-state index in [1.54, 1.807) is 17.8 Å². The van der Waals surface area contributed by atoms with E-state index in [-0.39, 0.29) is 0 Å². The maximum atomic E-state index is 12.2. The van der Waals surface area contributed by atoms with Gasteiger partial charge in [0.1, 0.15) is 0 Å². The molecule has 22 heavy (non-hydrogen) atoms. The second-order valence-electron chi connectivity index (χ2n) is 5.30. The highest BCUT2D eigenvalue weighted by Gasteiger charge is 2.21. The summed E-state index contributed by atoms with van der Waals surface area (Å²) in [5.74, 6) is 5.93. The lowest BCUT2D eigenvalue weighted by molar-refractivity contribution is 0.567. The molecule has 0 atom stereocenters. The van der Waals surface area contributed by atoms with Crippen molar-refractivity contribution < 1.29 is 0 Å². The number of hydrogen-bond acceptors (Lipinski definition) is 6. The highest BCUT2D eigenvalue weighted by Crippen LogP contribution is 2.22. The first-order valence-corrected chi connectivity index (χ1v) is 7.22. The van der Waals surface area contributed by atoms with Gasteiger partial charge < -0.3 is 10.3 Å². The maximum Gasteiger partial charge on any atom is 0.329 e. The average molecular weight is 305 g/mol. The number of hydrazine groups is 1. The molecule has 118 valence electrons. The lowest BCUT2D eigenvalue weighted by Crippen LogP contribution is -2.31. The molecule has 1 aliphatic heterocycles. The number of H-pyrrole nitrogens is 1. The Morgan fingerprint density at radius 1 is 1.27 bits per heavy atom. The molecule has 0 unspecified atom stereocenters. The number of rotatable bonds is 3. The summed E-state index contributed by atoms with van der Waals surface area (Å²) in [5, 5.41) is 0. The van der Waals surface area contributed by atoms with Crippen molar-refractivity contribution in [2.45, 2.75) is 19.3 Å². The van der Waals surface area contributed by atoms with E-state index in [0.29, 0.717) is 17.1 Å². The van der Waals surface area contributed by atoms with Crippen LogP contribution in [0.5, 0.6) is 0 Å². The number of anilines is 1. The maximum absolute atomic E-state index is 12.2. The van der Waals surface area contributed by atoms with Crippen LogP contribution in [0.25, 0.3) is 17.4 Å². The van der Waals surface area contributed by atoms with Gasteiger partial charge in [-0.2, -0.15) is 4.98 Å². The molecule has 3 rings (SSSR count). The summed E-state index contributed by atoms with van der Waals surface area (Å²) in [7, 11) is 1.59. The molecule has 2 aromatic rings. The van der Waals surface area contributed by atoms with Crippen LogP contribution in [0, 0.1) is 0 Å². The van der Waals surface area contributed by atoms with Gasteiger partial charge in [0, 0.05) is 32.5 Å². The van der Waals surface area contributed by atoms with E-state index in [9.17, 15) is 9.59 Å². The fourth-order valence-corrected chi connectivity index (χ4v) is 2.77. The highest BCUT2D eigenvalue weighted by atomic mass is 16.2. The summed E-state index contributed by atoms with van der Waals surface area (Å²) in [6, 6.07) is 0. The second kappa shape index (κ2) is 5.68. The van der Waals surface area contributed by atoms with E-state index in [4.69, 9.17) is 5.84 Å². The smallest absolute Gasteiger partial charge is 0.329 e. The van der Waals surface area contributed by atoms with Crippen LogP contribution < -0.4 is 27.4 Å². The van der Waals surface area contributed by atoms with Crippen LogP contribution in [0.2, 0.25) is 0 Å². The zero-order chi connectivity index (χ0) is 15.7. The van der Waals surface area contributed by atoms with Gasteiger partial charge in [-0.25, -0.2) is 4.79 Å². The number of imidazole rings is 1. The van der Waals surface area contributed by atoms with Crippen LogP contribution in [0.1, 0.15) is 19.3 Å². The van der Waals surface area contributed by atoms with E-state index in [1.807, 2.05) is 0 Å².